The monoisotopic (exact) mass is 345 g/mol. The van der Waals surface area contributed by atoms with Gasteiger partial charge in [0.2, 0.25) is 11.5 Å². The van der Waals surface area contributed by atoms with Crippen molar-refractivity contribution in [2.24, 2.45) is 17.8 Å². The Morgan fingerprint density at radius 1 is 1.36 bits per heavy atom. The molecule has 6 aliphatic heterocycles. The summed E-state index contributed by atoms with van der Waals surface area (Å²) < 4.78 is 24.2. The van der Waals surface area contributed by atoms with Gasteiger partial charge in [0.05, 0.1) is 30.2 Å². The Kier molecular flexibility index (Phi) is 2.38. The highest BCUT2D eigenvalue weighted by molar-refractivity contribution is 5.93. The van der Waals surface area contributed by atoms with Gasteiger partial charge in [0.15, 0.2) is 5.76 Å². The molecule has 6 heteroatoms. The molecule has 25 heavy (non-hydrogen) atoms. The molecule has 0 aromatic carbocycles. The summed E-state index contributed by atoms with van der Waals surface area (Å²) in [5.74, 6) is 1.58. The van der Waals surface area contributed by atoms with Crippen molar-refractivity contribution in [3.63, 3.8) is 0 Å². The summed E-state index contributed by atoms with van der Waals surface area (Å²) >= 11 is 0. The third-order valence-corrected chi connectivity index (χ3v) is 7.88. The second-order valence-electron chi connectivity index (χ2n) is 8.55. The quantitative estimate of drug-likeness (QED) is 0.677. The third kappa shape index (κ3) is 1.29. The third-order valence-electron chi connectivity index (χ3n) is 7.88. The first-order valence-corrected chi connectivity index (χ1v) is 9.28. The zero-order valence-corrected chi connectivity index (χ0v) is 15.0. The molecule has 0 amide bonds. The maximum Gasteiger partial charge on any atom is 0.343 e. The Morgan fingerprint density at radius 2 is 2.16 bits per heavy atom. The molecule has 0 aromatic heterocycles. The van der Waals surface area contributed by atoms with E-state index in [2.05, 4.69) is 18.7 Å². The van der Waals surface area contributed by atoms with E-state index in [9.17, 15) is 4.79 Å². The number of methoxy groups -OCH3 is 1. The second kappa shape index (κ2) is 4.07. The number of nitrogens with zero attached hydrogens (tertiary/aromatic N) is 1. The topological polar surface area (TPSA) is 57.2 Å². The number of hydrogen-bond acceptors (Lipinski definition) is 6. The molecule has 1 unspecified atom stereocenters. The fourth-order valence-electron chi connectivity index (χ4n) is 6.93. The molecule has 0 radical (unpaired) electrons. The van der Waals surface area contributed by atoms with Crippen molar-refractivity contribution < 1.29 is 23.7 Å². The van der Waals surface area contributed by atoms with E-state index in [1.807, 2.05) is 0 Å². The van der Waals surface area contributed by atoms with Crippen molar-refractivity contribution >= 4 is 5.97 Å². The summed E-state index contributed by atoms with van der Waals surface area (Å²) in [6, 6.07) is 0.490. The van der Waals surface area contributed by atoms with Crippen LogP contribution in [0.25, 0.3) is 0 Å². The van der Waals surface area contributed by atoms with Crippen molar-refractivity contribution in [1.82, 2.24) is 4.90 Å². The fraction of sp³-hybridized carbons (Fsp3) is 0.737. The minimum atomic E-state index is -0.557. The molecule has 0 aromatic rings. The molecule has 1 spiro atoms. The van der Waals surface area contributed by atoms with E-state index in [1.165, 1.54) is 0 Å². The van der Waals surface area contributed by atoms with Crippen LogP contribution in [0.15, 0.2) is 22.9 Å². The van der Waals surface area contributed by atoms with Crippen molar-refractivity contribution in [3.05, 3.63) is 22.9 Å². The van der Waals surface area contributed by atoms with Gasteiger partial charge in [-0.1, -0.05) is 6.92 Å². The first-order chi connectivity index (χ1) is 11.9. The second-order valence-corrected chi connectivity index (χ2v) is 8.55. The summed E-state index contributed by atoms with van der Waals surface area (Å²) in [5, 5.41) is 0. The molecule has 6 heterocycles. The lowest BCUT2D eigenvalue weighted by Crippen LogP contribution is -2.60. The van der Waals surface area contributed by atoms with Gasteiger partial charge in [0.1, 0.15) is 5.76 Å². The van der Waals surface area contributed by atoms with Crippen molar-refractivity contribution in [2.75, 3.05) is 13.7 Å². The largest absolute Gasteiger partial charge is 0.492 e. The summed E-state index contributed by atoms with van der Waals surface area (Å²) in [7, 11) is 1.57. The lowest BCUT2D eigenvalue weighted by atomic mass is 9.71. The maximum absolute atomic E-state index is 12.1. The van der Waals surface area contributed by atoms with Gasteiger partial charge in [0.25, 0.3) is 0 Å². The standard InChI is InChI=1S/C19H23NO5/c1-8-13-10-7-12-18(3)11(5-6-20(10)18)19(13,24-12)25-15(8)16-14(22-4)9(2)17(21)23-16/h8,10-13H,5-7H2,1-4H3/b16-15+/t8-,10-,11+,12-,13+,18-,19+/m0/s1. The molecule has 134 valence electrons. The fourth-order valence-corrected chi connectivity index (χ4v) is 6.93. The number of piperidine rings is 1. The van der Waals surface area contributed by atoms with E-state index in [4.69, 9.17) is 18.9 Å². The van der Waals surface area contributed by atoms with Gasteiger partial charge < -0.3 is 18.9 Å². The van der Waals surface area contributed by atoms with Crippen LogP contribution in [0.3, 0.4) is 0 Å². The number of fused-ring (bicyclic) bond motifs is 1. The minimum Gasteiger partial charge on any atom is -0.492 e. The average Bonchev–Trinajstić information content (AvgIpc) is 3.26. The zero-order valence-electron chi connectivity index (χ0n) is 15.0. The van der Waals surface area contributed by atoms with Crippen LogP contribution in [0, 0.1) is 17.8 Å². The Labute approximate surface area is 146 Å². The highest BCUT2D eigenvalue weighted by Gasteiger charge is 2.83. The van der Waals surface area contributed by atoms with E-state index >= 15 is 0 Å². The van der Waals surface area contributed by atoms with Crippen LogP contribution in [-0.4, -0.2) is 48.0 Å². The first kappa shape index (κ1) is 14.6. The number of cyclic esters (lactones) is 1. The number of carbonyl (C=O) groups is 1. The normalized spacial score (nSPS) is 57.4. The Balaban J connectivity index is 1.52. The lowest BCUT2D eigenvalue weighted by molar-refractivity contribution is -0.255. The molecule has 5 fully saturated rings. The summed E-state index contributed by atoms with van der Waals surface area (Å²) in [6.45, 7) is 7.39. The molecule has 0 aliphatic carbocycles. The molecular weight excluding hydrogens is 322 g/mol. The van der Waals surface area contributed by atoms with Crippen LogP contribution < -0.4 is 0 Å². The van der Waals surface area contributed by atoms with Crippen LogP contribution in [0.1, 0.15) is 33.6 Å². The van der Waals surface area contributed by atoms with E-state index in [0.717, 1.165) is 25.1 Å². The van der Waals surface area contributed by atoms with Gasteiger partial charge in [-0.15, -0.1) is 0 Å². The van der Waals surface area contributed by atoms with Crippen LogP contribution >= 0.6 is 0 Å². The maximum atomic E-state index is 12.1. The van der Waals surface area contributed by atoms with Crippen LogP contribution in [-0.2, 0) is 23.7 Å². The molecule has 6 aliphatic rings. The summed E-state index contributed by atoms with van der Waals surface area (Å²) in [4.78, 5) is 14.7. The van der Waals surface area contributed by atoms with Crippen LogP contribution in [0.5, 0.6) is 0 Å². The number of allylic oxidation sites excluding steroid dienone is 1. The molecule has 8 atom stereocenters. The number of hydrogen-bond donors (Lipinski definition) is 0. The molecule has 6 rings (SSSR count). The molecule has 5 bridgehead atoms. The molecule has 6 nitrogen and oxygen atoms in total. The van der Waals surface area contributed by atoms with Gasteiger partial charge in [-0.2, -0.15) is 0 Å². The lowest BCUT2D eigenvalue weighted by Gasteiger charge is -2.47. The van der Waals surface area contributed by atoms with Gasteiger partial charge in [-0.05, 0) is 33.2 Å². The number of rotatable bonds is 1. The Bertz CT molecular complexity index is 787. The summed E-state index contributed by atoms with van der Waals surface area (Å²) in [5.41, 5.74) is 0.600. The zero-order chi connectivity index (χ0) is 17.3. The van der Waals surface area contributed by atoms with Gasteiger partial charge in [-0.3, -0.25) is 4.90 Å². The predicted molar refractivity (Wildman–Crippen MR) is 85.8 cm³/mol. The van der Waals surface area contributed by atoms with Gasteiger partial charge >= 0.3 is 5.97 Å². The minimum absolute atomic E-state index is 0.100. The molecule has 0 N–H and O–H groups in total. The average molecular weight is 345 g/mol. The Morgan fingerprint density at radius 3 is 2.92 bits per heavy atom. The molecule has 0 saturated carbocycles. The van der Waals surface area contributed by atoms with E-state index in [0.29, 0.717) is 29.1 Å². The van der Waals surface area contributed by atoms with Gasteiger partial charge in [-0.25, -0.2) is 4.79 Å². The van der Waals surface area contributed by atoms with Crippen LogP contribution in [0.4, 0.5) is 0 Å². The first-order valence-electron chi connectivity index (χ1n) is 9.28. The number of carbonyl (C=O) groups excluding carboxylic acids is 1. The molecular formula is C19H23NO5. The molecule has 5 saturated heterocycles. The summed E-state index contributed by atoms with van der Waals surface area (Å²) in [6.07, 6.45) is 2.45. The smallest absolute Gasteiger partial charge is 0.343 e. The Hall–Kier alpha value is -1.53. The van der Waals surface area contributed by atoms with Crippen molar-refractivity contribution in [3.8, 4) is 0 Å². The van der Waals surface area contributed by atoms with Crippen molar-refractivity contribution in [1.29, 1.82) is 0 Å². The predicted octanol–water partition coefficient (Wildman–Crippen LogP) is 1.92. The van der Waals surface area contributed by atoms with Crippen LogP contribution in [0.2, 0.25) is 0 Å². The SMILES string of the molecule is COC1=C(C)C(=O)O/C1=C1/O[C@@]23O[C@H]4C[C@@H]([C@H]2[C@@H]1C)N1CC[C@@H]3[C@@]41C. The van der Waals surface area contributed by atoms with Gasteiger partial charge in [0, 0.05) is 17.9 Å². The van der Waals surface area contributed by atoms with E-state index < -0.39 is 5.79 Å². The van der Waals surface area contributed by atoms with E-state index in [-0.39, 0.29) is 29.4 Å². The van der Waals surface area contributed by atoms with E-state index in [1.54, 1.807) is 14.0 Å². The highest BCUT2D eigenvalue weighted by atomic mass is 16.7. The number of esters is 1. The number of ether oxygens (including phenoxy) is 4. The van der Waals surface area contributed by atoms with Crippen molar-refractivity contribution in [2.45, 2.75) is 57.1 Å². The highest BCUT2D eigenvalue weighted by Crippen LogP contribution is 2.72.